The van der Waals surface area contributed by atoms with Crippen LogP contribution in [-0.4, -0.2) is 29.3 Å². The second-order valence-corrected chi connectivity index (χ2v) is 5.45. The number of carbonyl (C=O) groups excluding carboxylic acids is 1. The van der Waals surface area contributed by atoms with Crippen LogP contribution in [0, 0.1) is 12.8 Å². The van der Waals surface area contributed by atoms with Crippen LogP contribution in [0.15, 0.2) is 22.7 Å². The number of rotatable bonds is 4. The van der Waals surface area contributed by atoms with Gasteiger partial charge in [0.1, 0.15) is 0 Å². The summed E-state index contributed by atoms with van der Waals surface area (Å²) in [7, 11) is 0. The quantitative estimate of drug-likeness (QED) is 0.939. The average Bonchev–Trinajstić information content (AvgIpc) is 3.20. The van der Waals surface area contributed by atoms with E-state index in [0.29, 0.717) is 24.9 Å². The Kier molecular flexibility index (Phi) is 4.20. The molecule has 1 atom stereocenters. The van der Waals surface area contributed by atoms with E-state index in [4.69, 9.17) is 9.26 Å². The van der Waals surface area contributed by atoms with Gasteiger partial charge >= 0.3 is 0 Å². The van der Waals surface area contributed by atoms with Gasteiger partial charge in [0.15, 0.2) is 5.82 Å². The van der Waals surface area contributed by atoms with Crippen molar-refractivity contribution >= 4 is 11.6 Å². The summed E-state index contributed by atoms with van der Waals surface area (Å²) in [6.07, 6.45) is 1.49. The van der Waals surface area contributed by atoms with E-state index in [1.807, 2.05) is 32.0 Å². The highest BCUT2D eigenvalue weighted by molar-refractivity contribution is 5.94. The van der Waals surface area contributed by atoms with Gasteiger partial charge in [-0.3, -0.25) is 4.79 Å². The zero-order valence-corrected chi connectivity index (χ0v) is 12.8. The number of nitrogens with zero attached hydrogens (tertiary/aromatic N) is 2. The van der Waals surface area contributed by atoms with Crippen molar-refractivity contribution < 1.29 is 14.1 Å². The monoisotopic (exact) mass is 301 g/mol. The molecular weight excluding hydrogens is 282 g/mol. The Morgan fingerprint density at radius 2 is 2.32 bits per heavy atom. The fourth-order valence-electron chi connectivity index (χ4n) is 2.38. The fourth-order valence-corrected chi connectivity index (χ4v) is 2.38. The number of ether oxygens (including phenoxy) is 1. The molecule has 1 aromatic carbocycles. The standard InChI is InChI=1S/C16H19N3O3/c1-3-14-18-16(22-19-14)11-5-4-10(2)13(8-11)17-15(20)12-6-7-21-9-12/h4-5,8,12H,3,6-7,9H2,1-2H3,(H,17,20)/t12-/m1/s1. The number of hydrogen-bond acceptors (Lipinski definition) is 5. The molecule has 0 unspecified atom stereocenters. The van der Waals surface area contributed by atoms with Crippen molar-refractivity contribution in [3.8, 4) is 11.5 Å². The zero-order chi connectivity index (χ0) is 15.5. The third-order valence-corrected chi connectivity index (χ3v) is 3.83. The Labute approximate surface area is 128 Å². The van der Waals surface area contributed by atoms with Crippen LogP contribution in [0.1, 0.15) is 24.7 Å². The molecule has 2 aromatic rings. The molecule has 0 spiro atoms. The van der Waals surface area contributed by atoms with Gasteiger partial charge in [-0.15, -0.1) is 0 Å². The number of benzene rings is 1. The second kappa shape index (κ2) is 6.27. The molecule has 116 valence electrons. The van der Waals surface area contributed by atoms with Gasteiger partial charge in [0, 0.05) is 24.3 Å². The zero-order valence-electron chi connectivity index (χ0n) is 12.8. The van der Waals surface area contributed by atoms with E-state index in [1.54, 1.807) is 0 Å². The van der Waals surface area contributed by atoms with E-state index in [1.165, 1.54) is 0 Å². The Morgan fingerprint density at radius 1 is 1.45 bits per heavy atom. The van der Waals surface area contributed by atoms with Gasteiger partial charge < -0.3 is 14.6 Å². The number of aromatic nitrogens is 2. The molecule has 0 bridgehead atoms. The fraction of sp³-hybridized carbons (Fsp3) is 0.438. The van der Waals surface area contributed by atoms with Crippen LogP contribution in [0.5, 0.6) is 0 Å². The predicted octanol–water partition coefficient (Wildman–Crippen LogP) is 2.58. The van der Waals surface area contributed by atoms with Gasteiger partial charge in [-0.25, -0.2) is 0 Å². The van der Waals surface area contributed by atoms with Crippen molar-refractivity contribution in [2.24, 2.45) is 5.92 Å². The molecule has 6 heteroatoms. The molecule has 0 aliphatic carbocycles. The van der Waals surface area contributed by atoms with Crippen LogP contribution < -0.4 is 5.32 Å². The van der Waals surface area contributed by atoms with E-state index in [-0.39, 0.29) is 11.8 Å². The summed E-state index contributed by atoms with van der Waals surface area (Å²) in [6.45, 7) is 5.07. The molecule has 6 nitrogen and oxygen atoms in total. The lowest BCUT2D eigenvalue weighted by atomic mass is 10.1. The summed E-state index contributed by atoms with van der Waals surface area (Å²) in [6, 6.07) is 5.72. The van der Waals surface area contributed by atoms with Crippen molar-refractivity contribution in [2.75, 3.05) is 18.5 Å². The first-order valence-corrected chi connectivity index (χ1v) is 7.49. The smallest absolute Gasteiger partial charge is 0.257 e. The highest BCUT2D eigenvalue weighted by atomic mass is 16.5. The number of carbonyl (C=O) groups is 1. The van der Waals surface area contributed by atoms with E-state index in [9.17, 15) is 4.79 Å². The number of anilines is 1. The molecule has 3 rings (SSSR count). The third kappa shape index (κ3) is 3.01. The first-order chi connectivity index (χ1) is 10.7. The minimum Gasteiger partial charge on any atom is -0.381 e. The lowest BCUT2D eigenvalue weighted by molar-refractivity contribution is -0.119. The predicted molar refractivity (Wildman–Crippen MR) is 81.4 cm³/mol. The van der Waals surface area contributed by atoms with Crippen molar-refractivity contribution in [1.82, 2.24) is 10.1 Å². The molecule has 1 amide bonds. The third-order valence-electron chi connectivity index (χ3n) is 3.83. The Morgan fingerprint density at radius 3 is 3.00 bits per heavy atom. The van der Waals surface area contributed by atoms with Crippen LogP contribution >= 0.6 is 0 Å². The maximum Gasteiger partial charge on any atom is 0.257 e. The van der Waals surface area contributed by atoms with Crippen LogP contribution in [-0.2, 0) is 16.0 Å². The van der Waals surface area contributed by atoms with Gasteiger partial charge in [0.05, 0.1) is 12.5 Å². The summed E-state index contributed by atoms with van der Waals surface area (Å²) in [5.74, 6) is 1.07. The molecular formula is C16H19N3O3. The minimum atomic E-state index is -0.0712. The SMILES string of the molecule is CCc1noc(-c2ccc(C)c(NC(=O)[C@@H]3CCOC3)c2)n1. The average molecular weight is 301 g/mol. The molecule has 2 heterocycles. The van der Waals surface area contributed by atoms with Gasteiger partial charge in [0.25, 0.3) is 5.89 Å². The highest BCUT2D eigenvalue weighted by Crippen LogP contribution is 2.25. The molecule has 0 radical (unpaired) electrons. The molecule has 1 N–H and O–H groups in total. The normalized spacial score (nSPS) is 17.6. The van der Waals surface area contributed by atoms with Gasteiger partial charge in [0.2, 0.25) is 5.91 Å². The Hall–Kier alpha value is -2.21. The number of aryl methyl sites for hydroxylation is 2. The lowest BCUT2D eigenvalue weighted by Crippen LogP contribution is -2.23. The highest BCUT2D eigenvalue weighted by Gasteiger charge is 2.24. The van der Waals surface area contributed by atoms with Gasteiger partial charge in [-0.2, -0.15) is 4.98 Å². The number of nitrogens with one attached hydrogen (secondary N) is 1. The number of hydrogen-bond donors (Lipinski definition) is 1. The molecule has 22 heavy (non-hydrogen) atoms. The first kappa shape index (κ1) is 14.7. The number of amides is 1. The van der Waals surface area contributed by atoms with E-state index < -0.39 is 0 Å². The molecule has 1 fully saturated rings. The van der Waals surface area contributed by atoms with Crippen molar-refractivity contribution in [3.05, 3.63) is 29.6 Å². The topological polar surface area (TPSA) is 77.2 Å². The summed E-state index contributed by atoms with van der Waals surface area (Å²) < 4.78 is 10.5. The second-order valence-electron chi connectivity index (χ2n) is 5.45. The summed E-state index contributed by atoms with van der Waals surface area (Å²) in [5, 5.41) is 6.87. The molecule has 1 aliphatic rings. The van der Waals surface area contributed by atoms with Gasteiger partial charge in [-0.1, -0.05) is 18.1 Å². The van der Waals surface area contributed by atoms with E-state index >= 15 is 0 Å². The lowest BCUT2D eigenvalue weighted by Gasteiger charge is -2.12. The van der Waals surface area contributed by atoms with Crippen LogP contribution in [0.3, 0.4) is 0 Å². The maximum absolute atomic E-state index is 12.2. The summed E-state index contributed by atoms with van der Waals surface area (Å²) in [4.78, 5) is 16.5. The summed E-state index contributed by atoms with van der Waals surface area (Å²) >= 11 is 0. The van der Waals surface area contributed by atoms with Crippen LogP contribution in [0.4, 0.5) is 5.69 Å². The minimum absolute atomic E-state index is 0.00229. The molecule has 1 aromatic heterocycles. The largest absolute Gasteiger partial charge is 0.381 e. The van der Waals surface area contributed by atoms with Gasteiger partial charge in [-0.05, 0) is 31.0 Å². The Balaban J connectivity index is 1.81. The van der Waals surface area contributed by atoms with Crippen molar-refractivity contribution in [2.45, 2.75) is 26.7 Å². The van der Waals surface area contributed by atoms with Crippen molar-refractivity contribution in [3.63, 3.8) is 0 Å². The molecule has 1 aliphatic heterocycles. The molecule has 0 saturated carbocycles. The van der Waals surface area contributed by atoms with Crippen molar-refractivity contribution in [1.29, 1.82) is 0 Å². The van der Waals surface area contributed by atoms with Crippen LogP contribution in [0.2, 0.25) is 0 Å². The van der Waals surface area contributed by atoms with Crippen LogP contribution in [0.25, 0.3) is 11.5 Å². The summed E-state index contributed by atoms with van der Waals surface area (Å²) in [5.41, 5.74) is 2.56. The van der Waals surface area contributed by atoms with E-state index in [2.05, 4.69) is 15.5 Å². The Bertz CT molecular complexity index is 675. The molecule has 1 saturated heterocycles. The maximum atomic E-state index is 12.2. The first-order valence-electron chi connectivity index (χ1n) is 7.49. The van der Waals surface area contributed by atoms with E-state index in [0.717, 1.165) is 29.7 Å².